The summed E-state index contributed by atoms with van der Waals surface area (Å²) >= 11 is 0. The first-order chi connectivity index (χ1) is 14.8. The van der Waals surface area contributed by atoms with Crippen LogP contribution in [-0.2, 0) is 12.8 Å². The lowest BCUT2D eigenvalue weighted by molar-refractivity contribution is 0.102. The van der Waals surface area contributed by atoms with Gasteiger partial charge in [-0.3, -0.25) is 4.79 Å². The van der Waals surface area contributed by atoms with Gasteiger partial charge in [0, 0.05) is 37.6 Å². The van der Waals surface area contributed by atoms with E-state index in [0.29, 0.717) is 5.56 Å². The molecule has 5 rings (SSSR count). The smallest absolute Gasteiger partial charge is 0.259 e. The normalized spacial score (nSPS) is 18.1. The van der Waals surface area contributed by atoms with Crippen LogP contribution in [0.1, 0.15) is 39.5 Å². The van der Waals surface area contributed by atoms with E-state index in [2.05, 4.69) is 56.9 Å². The Morgan fingerprint density at radius 2 is 1.90 bits per heavy atom. The molecular formula is C25H26N4O. The molecule has 5 nitrogen and oxygen atoms in total. The van der Waals surface area contributed by atoms with Crippen molar-refractivity contribution >= 4 is 17.4 Å². The molecule has 2 aromatic carbocycles. The van der Waals surface area contributed by atoms with Crippen LogP contribution in [-0.4, -0.2) is 30.5 Å². The molecule has 2 aliphatic rings. The Kier molecular flexibility index (Phi) is 5.20. The third kappa shape index (κ3) is 3.81. The van der Waals surface area contributed by atoms with Gasteiger partial charge in [-0.2, -0.15) is 0 Å². The van der Waals surface area contributed by atoms with E-state index < -0.39 is 0 Å². The summed E-state index contributed by atoms with van der Waals surface area (Å²) in [7, 11) is 0. The lowest BCUT2D eigenvalue weighted by atomic mass is 10.0. The Morgan fingerprint density at radius 3 is 2.80 bits per heavy atom. The fourth-order valence-corrected chi connectivity index (χ4v) is 4.53. The molecule has 1 aliphatic heterocycles. The van der Waals surface area contributed by atoms with E-state index in [4.69, 9.17) is 0 Å². The number of piperazine rings is 1. The molecule has 2 N–H and O–H groups in total. The number of benzene rings is 2. The summed E-state index contributed by atoms with van der Waals surface area (Å²) in [6, 6.07) is 20.6. The summed E-state index contributed by atoms with van der Waals surface area (Å²) in [5.41, 5.74) is 5.49. The lowest BCUT2D eigenvalue weighted by Crippen LogP contribution is -2.46. The maximum atomic E-state index is 13.1. The number of carbonyl (C=O) groups is 1. The minimum absolute atomic E-state index is 0.106. The molecule has 0 spiro atoms. The summed E-state index contributed by atoms with van der Waals surface area (Å²) in [4.78, 5) is 19.9. The van der Waals surface area contributed by atoms with Crippen LogP contribution in [0.4, 0.5) is 11.5 Å². The van der Waals surface area contributed by atoms with Crippen molar-refractivity contribution in [3.63, 3.8) is 0 Å². The first kappa shape index (κ1) is 18.8. The number of nitrogens with one attached hydrogen (secondary N) is 2. The summed E-state index contributed by atoms with van der Waals surface area (Å²) < 4.78 is 0. The van der Waals surface area contributed by atoms with Gasteiger partial charge in [-0.1, -0.05) is 36.4 Å². The van der Waals surface area contributed by atoms with E-state index in [1.165, 1.54) is 23.1 Å². The molecule has 1 saturated heterocycles. The van der Waals surface area contributed by atoms with Gasteiger partial charge in [0.1, 0.15) is 5.82 Å². The van der Waals surface area contributed by atoms with Crippen LogP contribution in [0.3, 0.4) is 0 Å². The third-order valence-corrected chi connectivity index (χ3v) is 6.06. The maximum absolute atomic E-state index is 13.1. The van der Waals surface area contributed by atoms with Gasteiger partial charge in [0.2, 0.25) is 0 Å². The van der Waals surface area contributed by atoms with E-state index in [0.717, 1.165) is 44.0 Å². The van der Waals surface area contributed by atoms with Crippen LogP contribution in [0.2, 0.25) is 0 Å². The van der Waals surface area contributed by atoms with Crippen molar-refractivity contribution in [2.45, 2.75) is 25.3 Å². The first-order valence-corrected chi connectivity index (χ1v) is 10.7. The predicted octanol–water partition coefficient (Wildman–Crippen LogP) is 3.97. The summed E-state index contributed by atoms with van der Waals surface area (Å²) in [5.74, 6) is 0.643. The van der Waals surface area contributed by atoms with Crippen molar-refractivity contribution in [3.8, 4) is 0 Å². The van der Waals surface area contributed by atoms with Crippen molar-refractivity contribution in [2.24, 2.45) is 0 Å². The zero-order valence-corrected chi connectivity index (χ0v) is 17.0. The van der Waals surface area contributed by atoms with Crippen molar-refractivity contribution in [1.82, 2.24) is 10.3 Å². The second-order valence-electron chi connectivity index (χ2n) is 8.03. The highest BCUT2D eigenvalue weighted by atomic mass is 16.1. The number of carbonyl (C=O) groups excluding carboxylic acids is 1. The minimum Gasteiger partial charge on any atom is -0.353 e. The zero-order chi connectivity index (χ0) is 20.3. The van der Waals surface area contributed by atoms with Crippen LogP contribution < -0.4 is 15.5 Å². The molecule has 3 aromatic rings. The first-order valence-electron chi connectivity index (χ1n) is 10.7. The van der Waals surface area contributed by atoms with Gasteiger partial charge in [0.25, 0.3) is 5.91 Å². The summed E-state index contributed by atoms with van der Waals surface area (Å²) in [5, 5.41) is 6.67. The van der Waals surface area contributed by atoms with Gasteiger partial charge >= 0.3 is 0 Å². The quantitative estimate of drug-likeness (QED) is 0.698. The number of amides is 1. The monoisotopic (exact) mass is 398 g/mol. The van der Waals surface area contributed by atoms with Crippen LogP contribution in [0.15, 0.2) is 66.9 Å². The van der Waals surface area contributed by atoms with Crippen molar-refractivity contribution in [1.29, 1.82) is 0 Å². The van der Waals surface area contributed by atoms with E-state index in [9.17, 15) is 4.79 Å². The minimum atomic E-state index is -0.106. The molecule has 1 aromatic heterocycles. The van der Waals surface area contributed by atoms with E-state index in [1.807, 2.05) is 24.3 Å². The molecule has 2 heterocycles. The fraction of sp³-hybridized carbons (Fsp3) is 0.280. The molecule has 1 fully saturated rings. The van der Waals surface area contributed by atoms with Gasteiger partial charge in [0.05, 0.1) is 5.56 Å². The van der Waals surface area contributed by atoms with Crippen molar-refractivity contribution < 1.29 is 4.79 Å². The molecule has 1 amide bonds. The van der Waals surface area contributed by atoms with Gasteiger partial charge in [0.15, 0.2) is 0 Å². The Balaban J connectivity index is 1.36. The lowest BCUT2D eigenvalue weighted by Gasteiger charge is -2.35. The van der Waals surface area contributed by atoms with Gasteiger partial charge in [-0.25, -0.2) is 4.98 Å². The summed E-state index contributed by atoms with van der Waals surface area (Å²) in [6.07, 6.45) is 5.20. The summed E-state index contributed by atoms with van der Waals surface area (Å²) in [6.45, 7) is 2.45. The van der Waals surface area contributed by atoms with Gasteiger partial charge in [-0.15, -0.1) is 0 Å². The number of aryl methyl sites for hydroxylation is 2. The Hall–Kier alpha value is -3.18. The third-order valence-electron chi connectivity index (χ3n) is 6.06. The molecule has 0 bridgehead atoms. The Morgan fingerprint density at radius 1 is 1.03 bits per heavy atom. The zero-order valence-electron chi connectivity index (χ0n) is 17.0. The van der Waals surface area contributed by atoms with Gasteiger partial charge < -0.3 is 15.5 Å². The highest BCUT2D eigenvalue weighted by molar-refractivity contribution is 6.07. The number of anilines is 2. The number of rotatable bonds is 4. The number of hydrogen-bond acceptors (Lipinski definition) is 4. The molecule has 30 heavy (non-hydrogen) atoms. The van der Waals surface area contributed by atoms with E-state index >= 15 is 0 Å². The number of nitrogens with zero attached hydrogens (tertiary/aromatic N) is 2. The van der Waals surface area contributed by atoms with Crippen LogP contribution in [0, 0.1) is 0 Å². The van der Waals surface area contributed by atoms with Crippen molar-refractivity contribution in [2.75, 3.05) is 29.9 Å². The number of hydrogen-bond donors (Lipinski definition) is 2. The van der Waals surface area contributed by atoms with E-state index in [-0.39, 0.29) is 11.9 Å². The molecule has 0 radical (unpaired) electrons. The molecule has 1 atom stereocenters. The second-order valence-corrected chi connectivity index (χ2v) is 8.03. The number of fused-ring (bicyclic) bond motifs is 1. The standard InChI is InChI=1S/C25H26N4O/c30-25(28-21-12-11-18-8-4-9-20(18)16-21)22-10-5-13-27-24(22)29-15-14-26-23(17-29)19-6-2-1-3-7-19/h1-3,5-7,10-13,16,23,26H,4,8-9,14-15,17H2,(H,28,30)/t23-/m0/s1. The highest BCUT2D eigenvalue weighted by Gasteiger charge is 2.25. The topological polar surface area (TPSA) is 57.3 Å². The molecule has 5 heteroatoms. The highest BCUT2D eigenvalue weighted by Crippen LogP contribution is 2.27. The second kappa shape index (κ2) is 8.28. The van der Waals surface area contributed by atoms with Crippen molar-refractivity contribution in [3.05, 3.63) is 89.1 Å². The maximum Gasteiger partial charge on any atom is 0.259 e. The van der Waals surface area contributed by atoms with Gasteiger partial charge in [-0.05, 0) is 60.2 Å². The average molecular weight is 399 g/mol. The molecule has 0 unspecified atom stereocenters. The molecule has 152 valence electrons. The Labute approximate surface area is 177 Å². The molecule has 0 saturated carbocycles. The largest absolute Gasteiger partial charge is 0.353 e. The van der Waals surface area contributed by atoms with Crippen LogP contribution >= 0.6 is 0 Å². The van der Waals surface area contributed by atoms with E-state index in [1.54, 1.807) is 6.20 Å². The number of aromatic nitrogens is 1. The fourth-order valence-electron chi connectivity index (χ4n) is 4.53. The van der Waals surface area contributed by atoms with Crippen LogP contribution in [0.25, 0.3) is 0 Å². The SMILES string of the molecule is O=C(Nc1ccc2c(c1)CCC2)c1cccnc1N1CCN[C@H](c2ccccc2)C1. The molecular weight excluding hydrogens is 372 g/mol. The Bertz CT molecular complexity index is 1050. The number of pyridine rings is 1. The average Bonchev–Trinajstić information content (AvgIpc) is 3.28. The predicted molar refractivity (Wildman–Crippen MR) is 120 cm³/mol. The van der Waals surface area contributed by atoms with Crippen LogP contribution in [0.5, 0.6) is 0 Å². The molecule has 1 aliphatic carbocycles.